The van der Waals surface area contributed by atoms with E-state index in [4.69, 9.17) is 5.11 Å². The molecule has 1 N–H and O–H groups in total. The summed E-state index contributed by atoms with van der Waals surface area (Å²) in [5, 5.41) is 9.16. The molecule has 2 fully saturated rings. The summed E-state index contributed by atoms with van der Waals surface area (Å²) in [6, 6.07) is 6.05. The van der Waals surface area contributed by atoms with Crippen LogP contribution in [-0.2, 0) is 16.0 Å². The minimum absolute atomic E-state index is 0.0327. The van der Waals surface area contributed by atoms with Gasteiger partial charge in [-0.05, 0) is 37.0 Å². The van der Waals surface area contributed by atoms with Gasteiger partial charge in [-0.2, -0.15) is 0 Å². The first-order valence-electron chi connectivity index (χ1n) is 8.92. The van der Waals surface area contributed by atoms with Crippen molar-refractivity contribution < 1.29 is 19.1 Å². The van der Waals surface area contributed by atoms with Gasteiger partial charge >= 0.3 is 0 Å². The molecule has 136 valence electrons. The van der Waals surface area contributed by atoms with Crippen LogP contribution in [0.5, 0.6) is 0 Å². The lowest BCUT2D eigenvalue weighted by Crippen LogP contribution is -2.55. The molecule has 2 heterocycles. The van der Waals surface area contributed by atoms with Crippen molar-refractivity contribution in [1.29, 1.82) is 0 Å². The Kier molecular flexibility index (Phi) is 5.37. The Morgan fingerprint density at radius 1 is 1.20 bits per heavy atom. The molecule has 3 rings (SSSR count). The minimum atomic E-state index is -0.302. The van der Waals surface area contributed by atoms with Crippen molar-refractivity contribution in [1.82, 2.24) is 9.80 Å². The van der Waals surface area contributed by atoms with Gasteiger partial charge in [-0.1, -0.05) is 12.1 Å². The molecule has 2 aliphatic rings. The third kappa shape index (κ3) is 4.18. The molecule has 1 spiro atoms. The first-order valence-corrected chi connectivity index (χ1v) is 8.92. The molecule has 0 aromatic heterocycles. The molecule has 0 unspecified atom stereocenters. The SMILES string of the molecule is O=C1CC[C@@]2(CCCN(C(=O)Cc3ccc(F)cc3)C2)CN1CCO. The third-order valence-electron chi connectivity index (χ3n) is 5.40. The summed E-state index contributed by atoms with van der Waals surface area (Å²) in [6.45, 7) is 2.34. The van der Waals surface area contributed by atoms with Crippen molar-refractivity contribution in [2.75, 3.05) is 32.8 Å². The molecule has 5 nitrogen and oxygen atoms in total. The average Bonchev–Trinajstić information content (AvgIpc) is 2.61. The fraction of sp³-hybridized carbons (Fsp3) is 0.579. The van der Waals surface area contributed by atoms with Gasteiger partial charge in [0.2, 0.25) is 11.8 Å². The lowest BCUT2D eigenvalue weighted by atomic mass is 9.73. The topological polar surface area (TPSA) is 60.9 Å². The van der Waals surface area contributed by atoms with E-state index >= 15 is 0 Å². The van der Waals surface area contributed by atoms with Crippen LogP contribution in [0.2, 0.25) is 0 Å². The predicted octanol–water partition coefficient (Wildman–Crippen LogP) is 1.59. The smallest absolute Gasteiger partial charge is 0.227 e. The standard InChI is InChI=1S/C19H25FN2O3/c20-16-4-2-15(3-5-16)12-18(25)21-9-1-7-19(13-21)8-6-17(24)22(14-19)10-11-23/h2-5,23H,1,6-14H2/t19-/m1/s1. The van der Waals surface area contributed by atoms with Crippen molar-refractivity contribution in [3.63, 3.8) is 0 Å². The van der Waals surface area contributed by atoms with E-state index in [-0.39, 0.29) is 36.1 Å². The number of hydrogen-bond donors (Lipinski definition) is 1. The van der Waals surface area contributed by atoms with Crippen molar-refractivity contribution in [3.05, 3.63) is 35.6 Å². The summed E-state index contributed by atoms with van der Waals surface area (Å²) in [5.41, 5.74) is 0.756. The molecule has 25 heavy (non-hydrogen) atoms. The molecule has 0 bridgehead atoms. The minimum Gasteiger partial charge on any atom is -0.395 e. The number of likely N-dealkylation sites (tertiary alicyclic amines) is 2. The molecule has 2 aliphatic heterocycles. The maximum Gasteiger partial charge on any atom is 0.227 e. The highest BCUT2D eigenvalue weighted by Gasteiger charge is 2.42. The molecule has 2 saturated heterocycles. The van der Waals surface area contributed by atoms with Gasteiger partial charge in [-0.15, -0.1) is 0 Å². The van der Waals surface area contributed by atoms with Gasteiger partial charge in [0.1, 0.15) is 5.82 Å². The maximum absolute atomic E-state index is 13.0. The molecule has 0 radical (unpaired) electrons. The molecule has 2 amide bonds. The quantitative estimate of drug-likeness (QED) is 0.899. The van der Waals surface area contributed by atoms with E-state index in [9.17, 15) is 14.0 Å². The first-order chi connectivity index (χ1) is 12.0. The van der Waals surface area contributed by atoms with Gasteiger partial charge in [-0.3, -0.25) is 9.59 Å². The first kappa shape index (κ1) is 17.9. The molecular formula is C19H25FN2O3. The van der Waals surface area contributed by atoms with Crippen molar-refractivity contribution >= 4 is 11.8 Å². The number of piperidine rings is 2. The lowest BCUT2D eigenvalue weighted by Gasteiger charge is -2.48. The molecular weight excluding hydrogens is 323 g/mol. The number of amides is 2. The summed E-state index contributed by atoms with van der Waals surface area (Å²) in [4.78, 5) is 28.3. The highest BCUT2D eigenvalue weighted by Crippen LogP contribution is 2.38. The Bertz CT molecular complexity index is 634. The number of carbonyl (C=O) groups excluding carboxylic acids is 2. The normalized spacial score (nSPS) is 24.0. The van der Waals surface area contributed by atoms with Gasteiger partial charge in [-0.25, -0.2) is 4.39 Å². The second kappa shape index (κ2) is 7.52. The van der Waals surface area contributed by atoms with Gasteiger partial charge in [0.15, 0.2) is 0 Å². The van der Waals surface area contributed by atoms with Crippen LogP contribution in [0, 0.1) is 11.2 Å². The summed E-state index contributed by atoms with van der Waals surface area (Å²) < 4.78 is 13.0. The zero-order valence-electron chi connectivity index (χ0n) is 14.4. The number of aliphatic hydroxyl groups is 1. The summed E-state index contributed by atoms with van der Waals surface area (Å²) in [6.07, 6.45) is 3.49. The predicted molar refractivity (Wildman–Crippen MR) is 91.3 cm³/mol. The summed E-state index contributed by atoms with van der Waals surface area (Å²) in [7, 11) is 0. The Morgan fingerprint density at radius 3 is 2.68 bits per heavy atom. The third-order valence-corrected chi connectivity index (χ3v) is 5.40. The largest absolute Gasteiger partial charge is 0.395 e. The number of aliphatic hydroxyl groups excluding tert-OH is 1. The van der Waals surface area contributed by atoms with E-state index in [0.29, 0.717) is 26.1 Å². The number of nitrogens with zero attached hydrogens (tertiary/aromatic N) is 2. The Morgan fingerprint density at radius 2 is 1.96 bits per heavy atom. The second-order valence-corrected chi connectivity index (χ2v) is 7.26. The molecule has 0 aliphatic carbocycles. The average molecular weight is 348 g/mol. The zero-order valence-corrected chi connectivity index (χ0v) is 14.4. The maximum atomic E-state index is 13.0. The Hall–Kier alpha value is -1.95. The second-order valence-electron chi connectivity index (χ2n) is 7.26. The molecule has 0 saturated carbocycles. The lowest BCUT2D eigenvalue weighted by molar-refractivity contribution is -0.143. The number of rotatable bonds is 4. The van der Waals surface area contributed by atoms with Crippen LogP contribution in [0.4, 0.5) is 4.39 Å². The number of benzene rings is 1. The van der Waals surface area contributed by atoms with Crippen molar-refractivity contribution in [2.24, 2.45) is 5.41 Å². The molecule has 1 aromatic carbocycles. The van der Waals surface area contributed by atoms with Gasteiger partial charge in [0.05, 0.1) is 13.0 Å². The van der Waals surface area contributed by atoms with E-state index in [1.807, 2.05) is 4.90 Å². The van der Waals surface area contributed by atoms with Crippen LogP contribution in [-0.4, -0.2) is 59.5 Å². The van der Waals surface area contributed by atoms with Crippen LogP contribution in [0.3, 0.4) is 0 Å². The van der Waals surface area contributed by atoms with E-state index in [0.717, 1.165) is 31.4 Å². The number of β-amino-alcohol motifs (C(OH)–C–C–N with tert-alkyl or cyclic N) is 1. The van der Waals surface area contributed by atoms with Crippen molar-refractivity contribution in [3.8, 4) is 0 Å². The summed E-state index contributed by atoms with van der Waals surface area (Å²) in [5.74, 6) is -0.158. The van der Waals surface area contributed by atoms with Gasteiger partial charge < -0.3 is 14.9 Å². The molecule has 6 heteroatoms. The fourth-order valence-corrected chi connectivity index (χ4v) is 4.07. The van der Waals surface area contributed by atoms with Crippen LogP contribution in [0.25, 0.3) is 0 Å². The molecule has 1 aromatic rings. The van der Waals surface area contributed by atoms with Crippen LogP contribution in [0.15, 0.2) is 24.3 Å². The van der Waals surface area contributed by atoms with E-state index < -0.39 is 0 Å². The van der Waals surface area contributed by atoms with Crippen LogP contribution in [0.1, 0.15) is 31.2 Å². The van der Waals surface area contributed by atoms with Gasteiger partial charge in [0, 0.05) is 38.0 Å². The fourth-order valence-electron chi connectivity index (χ4n) is 4.07. The van der Waals surface area contributed by atoms with Crippen LogP contribution >= 0.6 is 0 Å². The zero-order chi connectivity index (χ0) is 17.9. The van der Waals surface area contributed by atoms with Gasteiger partial charge in [0.25, 0.3) is 0 Å². The summed E-state index contributed by atoms with van der Waals surface area (Å²) >= 11 is 0. The Labute approximate surface area is 147 Å². The van der Waals surface area contributed by atoms with E-state index in [1.54, 1.807) is 17.0 Å². The van der Waals surface area contributed by atoms with Crippen molar-refractivity contribution in [2.45, 2.75) is 32.1 Å². The monoisotopic (exact) mass is 348 g/mol. The highest BCUT2D eigenvalue weighted by atomic mass is 19.1. The van der Waals surface area contributed by atoms with E-state index in [1.165, 1.54) is 12.1 Å². The van der Waals surface area contributed by atoms with E-state index in [2.05, 4.69) is 0 Å². The Balaban J connectivity index is 1.64. The van der Waals surface area contributed by atoms with Crippen LogP contribution < -0.4 is 0 Å². The molecule has 1 atom stereocenters. The number of hydrogen-bond acceptors (Lipinski definition) is 3. The number of halogens is 1. The highest BCUT2D eigenvalue weighted by molar-refractivity contribution is 5.79. The number of carbonyl (C=O) groups is 2.